The van der Waals surface area contributed by atoms with Crippen LogP contribution in [0.1, 0.15) is 5.56 Å². The van der Waals surface area contributed by atoms with Crippen LogP contribution in [-0.2, 0) is 16.1 Å². The molecule has 5 nitrogen and oxygen atoms in total. The molecule has 0 aromatic heterocycles. The largest absolute Gasteiger partial charge is 0.468 e. The zero-order valence-corrected chi connectivity index (χ0v) is 8.49. The van der Waals surface area contributed by atoms with Crippen molar-refractivity contribution in [3.8, 4) is 0 Å². The number of anilines is 2. The van der Waals surface area contributed by atoms with Gasteiger partial charge in [-0.25, -0.2) is 5.43 Å². The van der Waals surface area contributed by atoms with Gasteiger partial charge >= 0.3 is 5.97 Å². The number of hydrogen-bond donors (Lipinski definition) is 2. The zero-order chi connectivity index (χ0) is 10.8. The van der Waals surface area contributed by atoms with E-state index in [1.54, 1.807) is 5.01 Å². The Bertz CT molecular complexity index is 392. The summed E-state index contributed by atoms with van der Waals surface area (Å²) < 4.78 is 4.61. The van der Waals surface area contributed by atoms with Gasteiger partial charge in [0.15, 0.2) is 0 Å². The summed E-state index contributed by atoms with van der Waals surface area (Å²) in [7, 11) is 1.38. The van der Waals surface area contributed by atoms with Crippen LogP contribution < -0.4 is 16.2 Å². The monoisotopic (exact) mass is 207 g/mol. The van der Waals surface area contributed by atoms with Crippen LogP contribution in [0.15, 0.2) is 18.2 Å². The number of carbonyl (C=O) groups excluding carboxylic acids is 1. The number of hydrogen-bond acceptors (Lipinski definition) is 5. The third-order valence-electron chi connectivity index (χ3n) is 2.37. The first-order chi connectivity index (χ1) is 7.20. The van der Waals surface area contributed by atoms with E-state index >= 15 is 0 Å². The molecule has 80 valence electrons. The molecule has 1 aliphatic rings. The average molecular weight is 207 g/mol. The second-order valence-electron chi connectivity index (χ2n) is 3.39. The number of nitrogens with two attached hydrogens (primary N) is 1. The number of hydrazine groups is 1. The van der Waals surface area contributed by atoms with E-state index in [4.69, 9.17) is 5.73 Å². The van der Waals surface area contributed by atoms with Gasteiger partial charge in [-0.05, 0) is 23.8 Å². The third kappa shape index (κ3) is 1.87. The second kappa shape index (κ2) is 3.78. The molecule has 0 atom stereocenters. The molecule has 0 radical (unpaired) electrons. The van der Waals surface area contributed by atoms with Gasteiger partial charge in [0.25, 0.3) is 0 Å². The van der Waals surface area contributed by atoms with Crippen molar-refractivity contribution in [2.24, 2.45) is 0 Å². The maximum Gasteiger partial charge on any atom is 0.326 e. The number of benzene rings is 1. The zero-order valence-electron chi connectivity index (χ0n) is 8.49. The fraction of sp³-hybridized carbons (Fsp3) is 0.300. The van der Waals surface area contributed by atoms with Crippen LogP contribution in [0.2, 0.25) is 0 Å². The molecular weight excluding hydrogens is 194 g/mol. The summed E-state index contributed by atoms with van der Waals surface area (Å²) in [5, 5.41) is 1.76. The molecule has 0 amide bonds. The molecule has 2 rings (SSSR count). The molecular formula is C10H13N3O2. The van der Waals surface area contributed by atoms with Crippen molar-refractivity contribution in [1.82, 2.24) is 5.43 Å². The van der Waals surface area contributed by atoms with E-state index in [0.717, 1.165) is 16.9 Å². The van der Waals surface area contributed by atoms with Gasteiger partial charge in [-0.15, -0.1) is 0 Å². The van der Waals surface area contributed by atoms with Crippen LogP contribution >= 0.6 is 0 Å². The van der Waals surface area contributed by atoms with Gasteiger partial charge < -0.3 is 10.5 Å². The number of ether oxygens (including phenoxy) is 1. The van der Waals surface area contributed by atoms with Crippen molar-refractivity contribution >= 4 is 17.3 Å². The second-order valence-corrected chi connectivity index (χ2v) is 3.39. The van der Waals surface area contributed by atoms with Gasteiger partial charge in [-0.2, -0.15) is 0 Å². The van der Waals surface area contributed by atoms with Gasteiger partial charge in [0.05, 0.1) is 12.8 Å². The van der Waals surface area contributed by atoms with Crippen molar-refractivity contribution in [1.29, 1.82) is 0 Å². The molecule has 1 heterocycles. The predicted octanol–water partition coefficient (Wildman–Crippen LogP) is 0.266. The number of nitrogen functional groups attached to an aromatic ring is 1. The summed E-state index contributed by atoms with van der Waals surface area (Å²) in [6.45, 7) is 0.894. The molecule has 0 unspecified atom stereocenters. The minimum atomic E-state index is -0.271. The molecule has 0 saturated heterocycles. The lowest BCUT2D eigenvalue weighted by Gasteiger charge is -2.17. The van der Waals surface area contributed by atoms with Crippen LogP contribution in [0.5, 0.6) is 0 Å². The highest BCUT2D eigenvalue weighted by molar-refractivity contribution is 5.77. The molecule has 1 aromatic carbocycles. The molecule has 1 aliphatic heterocycles. The molecule has 0 spiro atoms. The Morgan fingerprint density at radius 2 is 2.47 bits per heavy atom. The molecule has 1 aromatic rings. The van der Waals surface area contributed by atoms with E-state index in [0.29, 0.717) is 6.54 Å². The van der Waals surface area contributed by atoms with Crippen molar-refractivity contribution in [2.45, 2.75) is 6.54 Å². The Morgan fingerprint density at radius 3 is 3.20 bits per heavy atom. The highest BCUT2D eigenvalue weighted by Gasteiger charge is 2.20. The van der Waals surface area contributed by atoms with Gasteiger partial charge in [-0.3, -0.25) is 9.80 Å². The van der Waals surface area contributed by atoms with Crippen LogP contribution in [0.3, 0.4) is 0 Å². The number of fused-ring (bicyclic) bond motifs is 1. The third-order valence-corrected chi connectivity index (χ3v) is 2.37. The summed E-state index contributed by atoms with van der Waals surface area (Å²) in [5.41, 5.74) is 11.6. The maximum atomic E-state index is 11.1. The van der Waals surface area contributed by atoms with Crippen molar-refractivity contribution in [2.75, 3.05) is 24.4 Å². The van der Waals surface area contributed by atoms with Crippen molar-refractivity contribution in [3.05, 3.63) is 23.8 Å². The first-order valence-electron chi connectivity index (χ1n) is 4.67. The Morgan fingerprint density at radius 1 is 1.67 bits per heavy atom. The van der Waals surface area contributed by atoms with Crippen molar-refractivity contribution < 1.29 is 9.53 Å². The number of rotatable bonds is 2. The van der Waals surface area contributed by atoms with E-state index in [9.17, 15) is 4.79 Å². The summed E-state index contributed by atoms with van der Waals surface area (Å²) in [6.07, 6.45) is 0. The van der Waals surface area contributed by atoms with E-state index in [1.807, 2.05) is 18.2 Å². The summed E-state index contributed by atoms with van der Waals surface area (Å²) in [5.74, 6) is -0.271. The standard InChI is InChI=1S/C10H13N3O2/c1-15-10(14)6-13-9-3-2-8(11)4-7(9)5-12-13/h2-4,12H,5-6,11H2,1H3. The van der Waals surface area contributed by atoms with Gasteiger partial charge in [0, 0.05) is 12.2 Å². The highest BCUT2D eigenvalue weighted by Crippen LogP contribution is 2.26. The normalized spacial score (nSPS) is 13.8. The van der Waals surface area contributed by atoms with E-state index in [1.165, 1.54) is 7.11 Å². The smallest absolute Gasteiger partial charge is 0.326 e. The molecule has 0 aliphatic carbocycles. The van der Waals surface area contributed by atoms with Crippen LogP contribution in [0, 0.1) is 0 Å². The quantitative estimate of drug-likeness (QED) is 0.538. The Balaban J connectivity index is 2.18. The Labute approximate surface area is 87.8 Å². The first-order valence-corrected chi connectivity index (χ1v) is 4.67. The summed E-state index contributed by atoms with van der Waals surface area (Å²) >= 11 is 0. The number of methoxy groups -OCH3 is 1. The summed E-state index contributed by atoms with van der Waals surface area (Å²) in [4.78, 5) is 11.1. The number of nitrogens with zero attached hydrogens (tertiary/aromatic N) is 1. The summed E-state index contributed by atoms with van der Waals surface area (Å²) in [6, 6.07) is 5.61. The number of carbonyl (C=O) groups is 1. The van der Waals surface area contributed by atoms with Crippen molar-refractivity contribution in [3.63, 3.8) is 0 Å². The topological polar surface area (TPSA) is 67.6 Å². The lowest BCUT2D eigenvalue weighted by atomic mass is 10.2. The molecule has 15 heavy (non-hydrogen) atoms. The fourth-order valence-electron chi connectivity index (χ4n) is 1.61. The van der Waals surface area contributed by atoms with Crippen LogP contribution in [0.4, 0.5) is 11.4 Å². The van der Waals surface area contributed by atoms with E-state index in [-0.39, 0.29) is 12.5 Å². The van der Waals surface area contributed by atoms with E-state index < -0.39 is 0 Å². The van der Waals surface area contributed by atoms with E-state index in [2.05, 4.69) is 10.2 Å². The molecule has 0 fully saturated rings. The Hall–Kier alpha value is -1.75. The van der Waals surface area contributed by atoms with Gasteiger partial charge in [0.1, 0.15) is 6.54 Å². The number of esters is 1. The van der Waals surface area contributed by atoms with Gasteiger partial charge in [-0.1, -0.05) is 0 Å². The van der Waals surface area contributed by atoms with Crippen LogP contribution in [0.25, 0.3) is 0 Å². The minimum absolute atomic E-state index is 0.202. The Kier molecular flexibility index (Phi) is 2.47. The maximum absolute atomic E-state index is 11.1. The predicted molar refractivity (Wildman–Crippen MR) is 57.1 cm³/mol. The van der Waals surface area contributed by atoms with Gasteiger partial charge in [0.2, 0.25) is 0 Å². The lowest BCUT2D eigenvalue weighted by molar-refractivity contribution is -0.139. The minimum Gasteiger partial charge on any atom is -0.468 e. The lowest BCUT2D eigenvalue weighted by Crippen LogP contribution is -2.37. The molecule has 5 heteroatoms. The average Bonchev–Trinajstić information content (AvgIpc) is 2.60. The molecule has 3 N–H and O–H groups in total. The highest BCUT2D eigenvalue weighted by atomic mass is 16.5. The molecule has 0 bridgehead atoms. The SMILES string of the molecule is COC(=O)CN1NCc2cc(N)ccc21. The van der Waals surface area contributed by atoms with Crippen LogP contribution in [-0.4, -0.2) is 19.6 Å². The fourth-order valence-corrected chi connectivity index (χ4v) is 1.61. The number of nitrogens with one attached hydrogen (secondary N) is 1. The molecule has 0 saturated carbocycles. The first kappa shape index (κ1) is 9.79.